The first-order valence-corrected chi connectivity index (χ1v) is 9.61. The van der Waals surface area contributed by atoms with Crippen molar-refractivity contribution in [3.05, 3.63) is 0 Å². The molecule has 0 aliphatic carbocycles. The van der Waals surface area contributed by atoms with Crippen LogP contribution in [0.3, 0.4) is 0 Å². The van der Waals surface area contributed by atoms with E-state index in [0.717, 1.165) is 12.8 Å². The number of carbonyl (C=O) groups excluding carboxylic acids is 1. The molecule has 6 nitrogen and oxygen atoms in total. The summed E-state index contributed by atoms with van der Waals surface area (Å²) < 4.78 is 4.85. The van der Waals surface area contributed by atoms with E-state index in [4.69, 9.17) is 14.9 Å². The Balaban J connectivity index is 3.58. The minimum atomic E-state index is -1.36. The lowest BCUT2D eigenvalue weighted by atomic mass is 10.1. The molecule has 0 saturated carbocycles. The van der Waals surface area contributed by atoms with Crippen LogP contribution in [0.2, 0.25) is 0 Å². The minimum absolute atomic E-state index is 0.188. The van der Waals surface area contributed by atoms with Gasteiger partial charge in [-0.05, 0) is 6.42 Å². The number of esters is 1. The molecule has 0 aliphatic rings. The quantitative estimate of drug-likeness (QED) is 0.292. The van der Waals surface area contributed by atoms with Crippen LogP contribution < -0.4 is 0 Å². The summed E-state index contributed by atoms with van der Waals surface area (Å²) in [5, 5.41) is 17.5. The number of hydrogen-bond donors (Lipinski definition) is 2. The van der Waals surface area contributed by atoms with Gasteiger partial charge < -0.3 is 14.9 Å². The molecule has 6 heteroatoms. The van der Waals surface area contributed by atoms with Crippen molar-refractivity contribution in [3.8, 4) is 0 Å². The van der Waals surface area contributed by atoms with Gasteiger partial charge in [-0.15, -0.1) is 0 Å². The summed E-state index contributed by atoms with van der Waals surface area (Å²) in [7, 11) is 0. The molecular weight excluding hydrogens is 324 g/mol. The van der Waals surface area contributed by atoms with E-state index in [9.17, 15) is 14.4 Å². The van der Waals surface area contributed by atoms with Gasteiger partial charge in [0.25, 0.3) is 0 Å². The average molecular weight is 358 g/mol. The van der Waals surface area contributed by atoms with Gasteiger partial charge in [0.05, 0.1) is 0 Å². The highest BCUT2D eigenvalue weighted by Gasteiger charge is 2.22. The summed E-state index contributed by atoms with van der Waals surface area (Å²) >= 11 is 0. The Morgan fingerprint density at radius 2 is 1.24 bits per heavy atom. The highest BCUT2D eigenvalue weighted by atomic mass is 16.6. The van der Waals surface area contributed by atoms with E-state index in [-0.39, 0.29) is 19.3 Å². The van der Waals surface area contributed by atoms with Gasteiger partial charge >= 0.3 is 17.9 Å². The Hall–Kier alpha value is -1.59. The van der Waals surface area contributed by atoms with E-state index < -0.39 is 24.0 Å². The molecule has 0 aliphatic heterocycles. The highest BCUT2D eigenvalue weighted by molar-refractivity contribution is 5.78. The van der Waals surface area contributed by atoms with Crippen LogP contribution in [-0.4, -0.2) is 34.2 Å². The van der Waals surface area contributed by atoms with Crippen molar-refractivity contribution in [2.45, 2.75) is 103 Å². The van der Waals surface area contributed by atoms with Crippen LogP contribution in [0.4, 0.5) is 0 Å². The molecule has 0 aromatic heterocycles. The second-order valence-corrected chi connectivity index (χ2v) is 6.53. The SMILES string of the molecule is CCCCCCCCCCCCCC(=O)OC(CCC(=O)O)C(=O)O. The number of unbranched alkanes of at least 4 members (excludes halogenated alkanes) is 10. The van der Waals surface area contributed by atoms with Gasteiger partial charge in [-0.1, -0.05) is 71.1 Å². The summed E-state index contributed by atoms with van der Waals surface area (Å²) in [5.74, 6) is -2.96. The lowest BCUT2D eigenvalue weighted by Crippen LogP contribution is -2.27. The van der Waals surface area contributed by atoms with Gasteiger partial charge in [-0.2, -0.15) is 0 Å². The van der Waals surface area contributed by atoms with Crippen molar-refractivity contribution < 1.29 is 29.3 Å². The lowest BCUT2D eigenvalue weighted by Gasteiger charge is -2.12. The van der Waals surface area contributed by atoms with E-state index in [1.165, 1.54) is 51.4 Å². The molecule has 1 unspecified atom stereocenters. The summed E-state index contributed by atoms with van der Waals surface area (Å²) in [6.45, 7) is 2.22. The molecule has 0 heterocycles. The zero-order valence-electron chi connectivity index (χ0n) is 15.5. The molecule has 0 aromatic carbocycles. The standard InChI is InChI=1S/C19H34O6/c1-2-3-4-5-6-7-8-9-10-11-12-13-18(22)25-16(19(23)24)14-15-17(20)21/h16H,2-15H2,1H3,(H,20,21)(H,23,24). The van der Waals surface area contributed by atoms with E-state index in [1.807, 2.05) is 0 Å². The molecule has 2 N–H and O–H groups in total. The van der Waals surface area contributed by atoms with Gasteiger partial charge in [0.1, 0.15) is 0 Å². The van der Waals surface area contributed by atoms with E-state index in [2.05, 4.69) is 6.92 Å². The fourth-order valence-corrected chi connectivity index (χ4v) is 2.64. The maximum Gasteiger partial charge on any atom is 0.345 e. The van der Waals surface area contributed by atoms with Crippen LogP contribution in [0, 0.1) is 0 Å². The highest BCUT2D eigenvalue weighted by Crippen LogP contribution is 2.13. The number of carboxylic acid groups (broad SMARTS) is 2. The Labute approximate surface area is 150 Å². The molecule has 0 spiro atoms. The monoisotopic (exact) mass is 358 g/mol. The maximum absolute atomic E-state index is 11.6. The molecule has 0 fully saturated rings. The topological polar surface area (TPSA) is 101 Å². The van der Waals surface area contributed by atoms with Gasteiger partial charge in [-0.25, -0.2) is 4.79 Å². The molecule has 0 bridgehead atoms. The van der Waals surface area contributed by atoms with Gasteiger partial charge in [0, 0.05) is 19.3 Å². The predicted molar refractivity (Wildman–Crippen MR) is 95.5 cm³/mol. The molecule has 0 radical (unpaired) electrons. The first kappa shape index (κ1) is 23.4. The number of aliphatic carboxylic acids is 2. The van der Waals surface area contributed by atoms with Gasteiger partial charge in [-0.3, -0.25) is 9.59 Å². The number of hydrogen-bond acceptors (Lipinski definition) is 4. The molecule has 0 aromatic rings. The van der Waals surface area contributed by atoms with Crippen LogP contribution in [0.15, 0.2) is 0 Å². The third-order valence-electron chi connectivity index (χ3n) is 4.15. The zero-order valence-corrected chi connectivity index (χ0v) is 15.5. The minimum Gasteiger partial charge on any atom is -0.481 e. The lowest BCUT2D eigenvalue weighted by molar-refractivity contribution is -0.165. The number of rotatable bonds is 17. The molecule has 25 heavy (non-hydrogen) atoms. The van der Waals surface area contributed by atoms with E-state index in [1.54, 1.807) is 0 Å². The van der Waals surface area contributed by atoms with Crippen LogP contribution in [0.25, 0.3) is 0 Å². The normalized spacial score (nSPS) is 11.9. The Morgan fingerprint density at radius 1 is 0.760 bits per heavy atom. The third-order valence-corrected chi connectivity index (χ3v) is 4.15. The van der Waals surface area contributed by atoms with E-state index in [0.29, 0.717) is 6.42 Å². The number of ether oxygens (including phenoxy) is 1. The Kier molecular flexibility index (Phi) is 14.9. The fraction of sp³-hybridized carbons (Fsp3) is 0.842. The predicted octanol–water partition coefficient (Wildman–Crippen LogP) is 4.55. The second kappa shape index (κ2) is 15.9. The van der Waals surface area contributed by atoms with Crippen LogP contribution in [0.5, 0.6) is 0 Å². The second-order valence-electron chi connectivity index (χ2n) is 6.53. The van der Waals surface area contributed by atoms with Crippen molar-refractivity contribution in [2.24, 2.45) is 0 Å². The van der Waals surface area contributed by atoms with Crippen molar-refractivity contribution in [1.29, 1.82) is 0 Å². The summed E-state index contributed by atoms with van der Waals surface area (Å²) in [6, 6.07) is 0. The maximum atomic E-state index is 11.6. The van der Waals surface area contributed by atoms with Crippen LogP contribution in [-0.2, 0) is 19.1 Å². The van der Waals surface area contributed by atoms with Crippen LogP contribution >= 0.6 is 0 Å². The molecular formula is C19H34O6. The van der Waals surface area contributed by atoms with Crippen LogP contribution in [0.1, 0.15) is 96.8 Å². The molecule has 1 atom stereocenters. The molecule has 0 saturated heterocycles. The summed E-state index contributed by atoms with van der Waals surface area (Å²) in [5.41, 5.74) is 0. The molecule has 146 valence electrons. The molecule has 0 rings (SSSR count). The van der Waals surface area contributed by atoms with Gasteiger partial charge in [0.15, 0.2) is 6.10 Å². The van der Waals surface area contributed by atoms with Crippen molar-refractivity contribution in [3.63, 3.8) is 0 Å². The van der Waals surface area contributed by atoms with Crippen molar-refractivity contribution >= 4 is 17.9 Å². The van der Waals surface area contributed by atoms with E-state index >= 15 is 0 Å². The third kappa shape index (κ3) is 15.7. The first-order valence-electron chi connectivity index (χ1n) is 9.61. The largest absolute Gasteiger partial charge is 0.481 e. The smallest absolute Gasteiger partial charge is 0.345 e. The fourth-order valence-electron chi connectivity index (χ4n) is 2.64. The number of carboxylic acids is 2. The van der Waals surface area contributed by atoms with Crippen molar-refractivity contribution in [2.75, 3.05) is 0 Å². The summed E-state index contributed by atoms with van der Waals surface area (Å²) in [6.07, 6.45) is 11.2. The zero-order chi connectivity index (χ0) is 18.9. The molecule has 0 amide bonds. The average Bonchev–Trinajstić information content (AvgIpc) is 2.56. The number of carbonyl (C=O) groups is 3. The Morgan fingerprint density at radius 3 is 1.68 bits per heavy atom. The first-order chi connectivity index (χ1) is 12.0. The summed E-state index contributed by atoms with van der Waals surface area (Å²) in [4.78, 5) is 33.0. The Bertz CT molecular complexity index is 380. The van der Waals surface area contributed by atoms with Gasteiger partial charge in [0.2, 0.25) is 0 Å². The van der Waals surface area contributed by atoms with Crippen molar-refractivity contribution in [1.82, 2.24) is 0 Å².